The van der Waals surface area contributed by atoms with E-state index in [9.17, 15) is 12.8 Å². The fraction of sp³-hybridized carbons (Fsp3) is 0.250. The molecule has 0 fully saturated rings. The molecule has 7 heteroatoms. The van der Waals surface area contributed by atoms with Gasteiger partial charge in [-0.1, -0.05) is 0 Å². The summed E-state index contributed by atoms with van der Waals surface area (Å²) in [7, 11) is -3.33. The SMILES string of the molecule is CCS(=O)(=O)Nc1cc(Br)c(F)c(Br)c1. The summed E-state index contributed by atoms with van der Waals surface area (Å²) in [4.78, 5) is 0. The molecule has 1 rings (SSSR count). The van der Waals surface area contributed by atoms with Crippen molar-refractivity contribution < 1.29 is 12.8 Å². The molecule has 0 bridgehead atoms. The maximum atomic E-state index is 13.2. The Bertz CT molecular complexity index is 453. The second-order valence-corrected chi connectivity index (χ2v) is 6.48. The lowest BCUT2D eigenvalue weighted by Crippen LogP contribution is -2.14. The first-order valence-electron chi connectivity index (χ1n) is 4.00. The zero-order chi connectivity index (χ0) is 11.6. The molecular weight excluding hydrogens is 353 g/mol. The van der Waals surface area contributed by atoms with Crippen molar-refractivity contribution in [3.05, 3.63) is 26.9 Å². The molecule has 0 heterocycles. The molecule has 0 aliphatic heterocycles. The molecule has 0 spiro atoms. The van der Waals surface area contributed by atoms with E-state index in [1.807, 2.05) is 0 Å². The Morgan fingerprint density at radius 1 is 1.33 bits per heavy atom. The van der Waals surface area contributed by atoms with Gasteiger partial charge in [0.2, 0.25) is 10.0 Å². The van der Waals surface area contributed by atoms with Gasteiger partial charge >= 0.3 is 0 Å². The Balaban J connectivity index is 3.08. The lowest BCUT2D eigenvalue weighted by atomic mass is 10.3. The maximum absolute atomic E-state index is 13.2. The molecule has 15 heavy (non-hydrogen) atoms. The van der Waals surface area contributed by atoms with Crippen molar-refractivity contribution in [3.8, 4) is 0 Å². The zero-order valence-electron chi connectivity index (χ0n) is 7.72. The van der Waals surface area contributed by atoms with Gasteiger partial charge in [-0.25, -0.2) is 12.8 Å². The van der Waals surface area contributed by atoms with Gasteiger partial charge in [-0.2, -0.15) is 0 Å². The molecule has 0 aliphatic rings. The monoisotopic (exact) mass is 359 g/mol. The molecule has 1 aromatic carbocycles. The van der Waals surface area contributed by atoms with Gasteiger partial charge in [-0.15, -0.1) is 0 Å². The molecule has 0 radical (unpaired) electrons. The van der Waals surface area contributed by atoms with Gasteiger partial charge in [-0.3, -0.25) is 4.72 Å². The van der Waals surface area contributed by atoms with Gasteiger partial charge in [0.15, 0.2) is 5.82 Å². The third kappa shape index (κ3) is 3.42. The Kier molecular flexibility index (Phi) is 4.13. The number of rotatable bonds is 3. The standard InChI is InChI=1S/C8H8Br2FNO2S/c1-2-15(13,14)12-5-3-6(9)8(11)7(10)4-5/h3-4,12H,2H2,1H3. The molecule has 1 aromatic rings. The first-order valence-corrected chi connectivity index (χ1v) is 7.24. The zero-order valence-corrected chi connectivity index (χ0v) is 11.7. The molecule has 0 aliphatic carbocycles. The molecule has 0 unspecified atom stereocenters. The van der Waals surface area contributed by atoms with Gasteiger partial charge in [0.05, 0.1) is 20.4 Å². The van der Waals surface area contributed by atoms with E-state index < -0.39 is 15.8 Å². The van der Waals surface area contributed by atoms with Crippen molar-refractivity contribution in [2.45, 2.75) is 6.92 Å². The molecule has 0 saturated carbocycles. The number of sulfonamides is 1. The smallest absolute Gasteiger partial charge is 0.232 e. The van der Waals surface area contributed by atoms with Crippen LogP contribution in [0.1, 0.15) is 6.92 Å². The van der Waals surface area contributed by atoms with Crippen LogP contribution in [0.15, 0.2) is 21.1 Å². The highest BCUT2D eigenvalue weighted by Gasteiger charge is 2.11. The first kappa shape index (κ1) is 12.9. The maximum Gasteiger partial charge on any atom is 0.232 e. The van der Waals surface area contributed by atoms with Gasteiger partial charge in [0.25, 0.3) is 0 Å². The first-order chi connectivity index (χ1) is 6.85. The van der Waals surface area contributed by atoms with E-state index in [1.54, 1.807) is 0 Å². The summed E-state index contributed by atoms with van der Waals surface area (Å²) in [5.41, 5.74) is 0.317. The van der Waals surface area contributed by atoms with Crippen molar-refractivity contribution in [2.75, 3.05) is 10.5 Å². The van der Waals surface area contributed by atoms with E-state index in [0.29, 0.717) is 5.69 Å². The number of nitrogens with one attached hydrogen (secondary N) is 1. The minimum absolute atomic E-state index is 0.0282. The van der Waals surface area contributed by atoms with Crippen molar-refractivity contribution in [1.29, 1.82) is 0 Å². The third-order valence-corrected chi connectivity index (χ3v) is 4.10. The predicted molar refractivity (Wildman–Crippen MR) is 64.9 cm³/mol. The van der Waals surface area contributed by atoms with E-state index in [1.165, 1.54) is 19.1 Å². The molecule has 84 valence electrons. The third-order valence-electron chi connectivity index (χ3n) is 1.64. The van der Waals surface area contributed by atoms with Crippen LogP contribution < -0.4 is 4.72 Å². The average molecular weight is 361 g/mol. The predicted octanol–water partition coefficient (Wildman–Crippen LogP) is 3.11. The minimum Gasteiger partial charge on any atom is -0.283 e. The van der Waals surface area contributed by atoms with Crippen LogP contribution in [-0.2, 0) is 10.0 Å². The van der Waals surface area contributed by atoms with Crippen LogP contribution in [0.25, 0.3) is 0 Å². The van der Waals surface area contributed by atoms with E-state index >= 15 is 0 Å². The van der Waals surface area contributed by atoms with E-state index in [4.69, 9.17) is 0 Å². The fourth-order valence-electron chi connectivity index (χ4n) is 0.866. The van der Waals surface area contributed by atoms with Crippen LogP contribution in [0.4, 0.5) is 10.1 Å². The summed E-state index contributed by atoms with van der Waals surface area (Å²) >= 11 is 5.97. The lowest BCUT2D eigenvalue weighted by Gasteiger charge is -2.07. The van der Waals surface area contributed by atoms with Gasteiger partial charge in [0.1, 0.15) is 0 Å². The summed E-state index contributed by atoms with van der Waals surface area (Å²) in [6.07, 6.45) is 0. The van der Waals surface area contributed by atoms with Crippen LogP contribution in [-0.4, -0.2) is 14.2 Å². The fourth-order valence-corrected chi connectivity index (χ4v) is 2.67. The lowest BCUT2D eigenvalue weighted by molar-refractivity contribution is 0.601. The van der Waals surface area contributed by atoms with Crippen LogP contribution in [0, 0.1) is 5.82 Å². The summed E-state index contributed by atoms with van der Waals surface area (Å²) in [5.74, 6) is -0.492. The van der Waals surface area contributed by atoms with Crippen LogP contribution in [0.3, 0.4) is 0 Å². The molecule has 0 saturated heterocycles. The number of benzene rings is 1. The van der Waals surface area contributed by atoms with E-state index in [-0.39, 0.29) is 14.7 Å². The topological polar surface area (TPSA) is 46.2 Å². The average Bonchev–Trinajstić information content (AvgIpc) is 2.13. The highest BCUT2D eigenvalue weighted by molar-refractivity contribution is 9.11. The van der Waals surface area contributed by atoms with Gasteiger partial charge in [-0.05, 0) is 50.9 Å². The van der Waals surface area contributed by atoms with Crippen LogP contribution in [0.2, 0.25) is 0 Å². The van der Waals surface area contributed by atoms with Crippen molar-refractivity contribution in [2.24, 2.45) is 0 Å². The van der Waals surface area contributed by atoms with E-state index in [2.05, 4.69) is 36.6 Å². The highest BCUT2D eigenvalue weighted by atomic mass is 79.9. The Labute approximate surface area is 104 Å². The Hall–Kier alpha value is -0.140. The van der Waals surface area contributed by atoms with Crippen molar-refractivity contribution in [3.63, 3.8) is 0 Å². The minimum atomic E-state index is -3.33. The molecule has 0 amide bonds. The largest absolute Gasteiger partial charge is 0.283 e. The number of halogens is 3. The van der Waals surface area contributed by atoms with Gasteiger partial charge < -0.3 is 0 Å². The Morgan fingerprint density at radius 2 is 1.80 bits per heavy atom. The number of hydrogen-bond donors (Lipinski definition) is 1. The molecule has 3 nitrogen and oxygen atoms in total. The normalized spacial score (nSPS) is 11.5. The molecular formula is C8H8Br2FNO2S. The molecule has 0 atom stereocenters. The summed E-state index contributed by atoms with van der Waals surface area (Å²) in [6, 6.07) is 2.74. The van der Waals surface area contributed by atoms with Gasteiger partial charge in [0, 0.05) is 0 Å². The second kappa shape index (κ2) is 4.80. The Morgan fingerprint density at radius 3 is 2.20 bits per heavy atom. The summed E-state index contributed by atoms with van der Waals surface area (Å²) < 4.78 is 38.4. The number of anilines is 1. The number of hydrogen-bond acceptors (Lipinski definition) is 2. The summed E-state index contributed by atoms with van der Waals surface area (Å²) in [5, 5.41) is 0. The van der Waals surface area contributed by atoms with Crippen LogP contribution in [0.5, 0.6) is 0 Å². The highest BCUT2D eigenvalue weighted by Crippen LogP contribution is 2.28. The quantitative estimate of drug-likeness (QED) is 0.842. The second-order valence-electron chi connectivity index (χ2n) is 2.76. The van der Waals surface area contributed by atoms with Crippen molar-refractivity contribution >= 4 is 47.6 Å². The molecule has 1 N–H and O–H groups in total. The molecule has 0 aromatic heterocycles. The van der Waals surface area contributed by atoms with E-state index in [0.717, 1.165) is 0 Å². The summed E-state index contributed by atoms with van der Waals surface area (Å²) in [6.45, 7) is 1.52. The van der Waals surface area contributed by atoms with Crippen LogP contribution >= 0.6 is 31.9 Å². The van der Waals surface area contributed by atoms with Crippen molar-refractivity contribution in [1.82, 2.24) is 0 Å².